The van der Waals surface area contributed by atoms with Crippen molar-refractivity contribution in [1.82, 2.24) is 9.97 Å². The molecule has 0 unspecified atom stereocenters. The maximum atomic E-state index is 8.68. The zero-order valence-electron chi connectivity index (χ0n) is 11.3. The topological polar surface area (TPSA) is 42.9 Å². The molecule has 1 aromatic carbocycles. The molecule has 0 radical (unpaired) electrons. The summed E-state index contributed by atoms with van der Waals surface area (Å²) in [5.74, 6) is 0. The third kappa shape index (κ3) is 5.02. The average Bonchev–Trinajstić information content (AvgIpc) is 2.58. The van der Waals surface area contributed by atoms with Gasteiger partial charge in [-0.1, -0.05) is 30.3 Å². The van der Waals surface area contributed by atoms with Crippen LogP contribution in [0.3, 0.4) is 0 Å². The number of carbonyl (C=O) groups excluding carboxylic acids is 1. The molecular formula is C16H13ClN2OPd. The third-order valence-corrected chi connectivity index (χ3v) is 2.57. The number of aromatic nitrogens is 2. The molecule has 0 aliphatic heterocycles. The van der Waals surface area contributed by atoms with Crippen LogP contribution < -0.4 is 0 Å². The second-order valence-electron chi connectivity index (χ2n) is 3.80. The van der Waals surface area contributed by atoms with Crippen molar-refractivity contribution in [3.63, 3.8) is 0 Å². The van der Waals surface area contributed by atoms with Gasteiger partial charge in [0.05, 0.1) is 11.2 Å². The van der Waals surface area contributed by atoms with E-state index >= 15 is 0 Å². The van der Waals surface area contributed by atoms with Gasteiger partial charge in [0.15, 0.2) is 0 Å². The van der Waals surface area contributed by atoms with Crippen LogP contribution >= 0.6 is 9.53 Å². The molecule has 2 aromatic heterocycles. The summed E-state index contributed by atoms with van der Waals surface area (Å²) in [5.41, 5.74) is 3.05. The number of rotatable bonds is 1. The van der Waals surface area contributed by atoms with Crippen LogP contribution in [0.4, 0.5) is 0 Å². The largest absolute Gasteiger partial charge is 0.256 e. The van der Waals surface area contributed by atoms with E-state index in [0.717, 1.165) is 22.2 Å². The van der Waals surface area contributed by atoms with Crippen molar-refractivity contribution in [3.8, 4) is 11.3 Å². The second kappa shape index (κ2) is 10.2. The van der Waals surface area contributed by atoms with Crippen molar-refractivity contribution in [3.05, 3.63) is 60.9 Å². The number of hydrogen-bond acceptors (Lipinski definition) is 3. The van der Waals surface area contributed by atoms with E-state index in [2.05, 4.69) is 55.9 Å². The van der Waals surface area contributed by atoms with E-state index in [1.165, 1.54) is 13.2 Å². The van der Waals surface area contributed by atoms with Crippen LogP contribution in [-0.4, -0.2) is 16.3 Å². The van der Waals surface area contributed by atoms with Gasteiger partial charge in [-0.05, 0) is 18.2 Å². The van der Waals surface area contributed by atoms with Crippen LogP contribution in [0, 0.1) is 0 Å². The van der Waals surface area contributed by atoms with Gasteiger partial charge in [-0.15, -0.1) is 0 Å². The summed E-state index contributed by atoms with van der Waals surface area (Å²) >= 11 is 2.22. The molecule has 2 heterocycles. The van der Waals surface area contributed by atoms with Gasteiger partial charge in [0.25, 0.3) is 0 Å². The first-order chi connectivity index (χ1) is 10.4. The fourth-order valence-electron chi connectivity index (χ4n) is 1.83. The van der Waals surface area contributed by atoms with E-state index in [9.17, 15) is 0 Å². The zero-order valence-corrected chi connectivity index (χ0v) is 13.6. The molecule has 0 bridgehead atoms. The van der Waals surface area contributed by atoms with Crippen molar-refractivity contribution in [2.75, 3.05) is 0 Å². The molecule has 0 atom stereocenters. The second-order valence-corrected chi connectivity index (χ2v) is 3.80. The van der Waals surface area contributed by atoms with Crippen LogP contribution in [0.15, 0.2) is 60.9 Å². The minimum Gasteiger partial charge on any atom is -0.256 e. The normalized spacial score (nSPS) is 8.95. The Morgan fingerprint density at radius 1 is 0.952 bits per heavy atom. The Morgan fingerprint density at radius 2 is 1.62 bits per heavy atom. The Bertz CT molecular complexity index is 672. The molecule has 3 aromatic rings. The predicted molar refractivity (Wildman–Crippen MR) is 82.2 cm³/mol. The number of benzene rings is 1. The Kier molecular flexibility index (Phi) is 8.46. The molecule has 0 amide bonds. The predicted octanol–water partition coefficient (Wildman–Crippen LogP) is 4.10. The maximum absolute atomic E-state index is 8.68. The summed E-state index contributed by atoms with van der Waals surface area (Å²) in [6, 6.07) is 16.1. The van der Waals surface area contributed by atoms with Gasteiger partial charge in [-0.3, -0.25) is 16.3 Å². The number of pyridine rings is 2. The molecule has 0 saturated carbocycles. The first-order valence-electron chi connectivity index (χ1n) is 6.03. The number of fused-ring (bicyclic) bond motifs is 1. The maximum Gasteiger partial charge on any atom is 0.0795 e. The molecular weight excluding hydrogens is 378 g/mol. The van der Waals surface area contributed by atoms with Crippen molar-refractivity contribution in [1.29, 1.82) is 0 Å². The fourth-order valence-corrected chi connectivity index (χ4v) is 1.83. The number of para-hydroxylation sites is 1. The van der Waals surface area contributed by atoms with E-state index in [1.54, 1.807) is 6.20 Å². The van der Waals surface area contributed by atoms with Crippen LogP contribution in [0.1, 0.15) is 6.92 Å². The minimum atomic E-state index is 0.965. The molecule has 0 N–H and O–H groups in total. The van der Waals surface area contributed by atoms with Crippen molar-refractivity contribution in [2.24, 2.45) is 0 Å². The molecule has 0 aliphatic rings. The number of hydrogen-bond donors (Lipinski definition) is 0. The van der Waals surface area contributed by atoms with E-state index in [-0.39, 0.29) is 0 Å². The van der Waals surface area contributed by atoms with Gasteiger partial charge in [0.2, 0.25) is 0 Å². The quantitative estimate of drug-likeness (QED) is 0.464. The summed E-state index contributed by atoms with van der Waals surface area (Å²) in [4.78, 5) is 17.5. The Hall–Kier alpha value is -1.60. The first kappa shape index (κ1) is 17.5. The molecule has 3 rings (SSSR count). The molecule has 0 spiro atoms. The first-order valence-corrected chi connectivity index (χ1v) is 8.03. The van der Waals surface area contributed by atoms with Crippen molar-refractivity contribution >= 4 is 26.7 Å². The fraction of sp³-hybridized carbons (Fsp3) is 0.0625. The standard InChI is InChI=1S/C14H10N2.C2H3O.ClH.Pd/c1-2-9-15-13(8-1)12-7-3-5-11-6-4-10-16-14(11)12;1-2-3;;/h1-10H;1H3;1H;/q;-1;;+2/p-1. The van der Waals surface area contributed by atoms with E-state index in [4.69, 9.17) is 4.79 Å². The molecule has 21 heavy (non-hydrogen) atoms. The van der Waals surface area contributed by atoms with Gasteiger partial charge < -0.3 is 4.79 Å². The SMILES string of the molecule is C[C-]=O.[Cl][Pd+].c1ccc(-c2cccc3cccnc23)nc1. The average molecular weight is 391 g/mol. The van der Waals surface area contributed by atoms with E-state index < -0.39 is 0 Å². The van der Waals surface area contributed by atoms with E-state index in [1.807, 2.05) is 36.5 Å². The molecule has 3 nitrogen and oxygen atoms in total. The summed E-state index contributed by atoms with van der Waals surface area (Å²) in [5, 5.41) is 1.14. The smallest absolute Gasteiger partial charge is 0.0795 e. The molecule has 110 valence electrons. The third-order valence-electron chi connectivity index (χ3n) is 2.57. The van der Waals surface area contributed by atoms with Gasteiger partial charge in [0.1, 0.15) is 0 Å². The Morgan fingerprint density at radius 3 is 2.29 bits per heavy atom. The van der Waals surface area contributed by atoms with Crippen molar-refractivity contribution < 1.29 is 23.0 Å². The van der Waals surface area contributed by atoms with Crippen LogP contribution in [0.25, 0.3) is 22.2 Å². The summed E-state index contributed by atoms with van der Waals surface area (Å²) < 4.78 is 0. The van der Waals surface area contributed by atoms with Crippen LogP contribution in [0.5, 0.6) is 0 Å². The summed E-state index contributed by atoms with van der Waals surface area (Å²) in [6.45, 7) is 1.32. The van der Waals surface area contributed by atoms with Gasteiger partial charge in [0, 0.05) is 23.3 Å². The van der Waals surface area contributed by atoms with E-state index in [0.29, 0.717) is 0 Å². The van der Waals surface area contributed by atoms with Gasteiger partial charge in [-0.25, -0.2) is 0 Å². The monoisotopic (exact) mass is 390 g/mol. The molecule has 0 fully saturated rings. The molecule has 0 aliphatic carbocycles. The molecule has 0 saturated heterocycles. The molecule has 5 heteroatoms. The summed E-state index contributed by atoms with van der Waals surface area (Å²) in [6.07, 6.45) is 5.12. The minimum absolute atomic E-state index is 0.965. The van der Waals surface area contributed by atoms with Crippen molar-refractivity contribution in [2.45, 2.75) is 6.92 Å². The number of halogens is 1. The van der Waals surface area contributed by atoms with Gasteiger partial charge >= 0.3 is 27.7 Å². The number of nitrogens with zero attached hydrogens (tertiary/aromatic N) is 2. The van der Waals surface area contributed by atoms with Gasteiger partial charge in [-0.2, -0.15) is 6.92 Å². The Balaban J connectivity index is 0.000000395. The Labute approximate surface area is 138 Å². The summed E-state index contributed by atoms with van der Waals surface area (Å²) in [7, 11) is 4.49. The zero-order chi connectivity index (χ0) is 15.5. The van der Waals surface area contributed by atoms with Crippen LogP contribution in [0.2, 0.25) is 0 Å². The van der Waals surface area contributed by atoms with Crippen LogP contribution in [-0.2, 0) is 23.0 Å².